The fourth-order valence-electron chi connectivity index (χ4n) is 20.0. The second-order valence-electron chi connectivity index (χ2n) is 31.4. The Morgan fingerprint density at radius 3 is 0.763 bits per heavy atom. The van der Waals surface area contributed by atoms with Crippen LogP contribution in [0.3, 0.4) is 0 Å². The molecule has 0 N–H and O–H groups in total. The van der Waals surface area contributed by atoms with Gasteiger partial charge in [0.1, 0.15) is 0 Å². The van der Waals surface area contributed by atoms with Crippen molar-refractivity contribution in [1.82, 2.24) is 29.9 Å². The first kappa shape index (κ1) is 68.4. The molecule has 6 heteroatoms. The zero-order valence-electron chi connectivity index (χ0n) is 64.3. The summed E-state index contributed by atoms with van der Waals surface area (Å²) in [5.41, 5.74) is 36.6. The van der Waals surface area contributed by atoms with Gasteiger partial charge in [0, 0.05) is 45.2 Å². The molecule has 0 saturated heterocycles. The molecule has 0 radical (unpaired) electrons. The summed E-state index contributed by atoms with van der Waals surface area (Å²) < 4.78 is 0. The first-order chi connectivity index (χ1) is 58.5. The van der Waals surface area contributed by atoms with Crippen LogP contribution in [-0.4, -0.2) is 29.9 Å². The average Bonchev–Trinajstić information content (AvgIpc) is 1.46. The summed E-state index contributed by atoms with van der Waals surface area (Å²) in [4.78, 5) is 31.7. The van der Waals surface area contributed by atoms with Gasteiger partial charge in [-0.25, -0.2) is 29.9 Å². The molecule has 2 aromatic heterocycles. The van der Waals surface area contributed by atoms with Gasteiger partial charge in [0.25, 0.3) is 0 Å². The van der Waals surface area contributed by atoms with Crippen LogP contribution in [0.1, 0.15) is 89.7 Å². The van der Waals surface area contributed by atoms with Gasteiger partial charge in [-0.3, -0.25) is 0 Å². The topological polar surface area (TPSA) is 77.3 Å². The Hall–Kier alpha value is -15.2. The van der Waals surface area contributed by atoms with Crippen molar-refractivity contribution >= 4 is 0 Å². The van der Waals surface area contributed by atoms with Gasteiger partial charge < -0.3 is 0 Å². The summed E-state index contributed by atoms with van der Waals surface area (Å²) in [5, 5.41) is 0. The predicted octanol–water partition coefficient (Wildman–Crippen LogP) is 26.4. The molecule has 2 heterocycles. The lowest BCUT2D eigenvalue weighted by molar-refractivity contribution is 0.755. The Morgan fingerprint density at radius 1 is 0.153 bits per heavy atom. The van der Waals surface area contributed by atoms with E-state index in [2.05, 4.69) is 388 Å². The molecule has 118 heavy (non-hydrogen) atoms. The van der Waals surface area contributed by atoms with Crippen LogP contribution in [-0.2, 0) is 10.8 Å². The van der Waals surface area contributed by atoms with Crippen LogP contribution >= 0.6 is 0 Å². The number of benzene rings is 17. The van der Waals surface area contributed by atoms with Gasteiger partial charge >= 0.3 is 0 Å². The standard InChI is InChI=1S/C112H72N6/c1-7-29-73(30-8-1)105-113-107(117-109(115-105)81-35-25-33-79(67-81)87-49-27-53-99-103(87)93-47-21-23-51-97(93)111(99,83-37-11-3-12-38-83)84-39-13-4-14-40-84)75-59-55-71(56-60-75)77-63-65-91-95(69-77)101-89-45-19-20-46-90(89)102(91)96-70-78(64-66-92(96)101)72-57-61-76(62-58-72)108-114-106(74-31-9-2-10-32-74)116-110(118-108)82-36-26-34-80(68-82)88-50-28-54-100-104(88)94-48-22-24-52-98(94)112(100,85-41-15-5-16-42-85)86-43-17-6-18-44-86/h1-70,101-102H. The van der Waals surface area contributed by atoms with E-state index in [4.69, 9.17) is 29.9 Å². The van der Waals surface area contributed by atoms with Crippen molar-refractivity contribution in [2.24, 2.45) is 0 Å². The fraction of sp³-hybridized carbons (Fsp3) is 0.0357. The van der Waals surface area contributed by atoms with Gasteiger partial charge in [-0.1, -0.05) is 400 Å². The van der Waals surface area contributed by atoms with Gasteiger partial charge in [0.2, 0.25) is 0 Å². The smallest absolute Gasteiger partial charge is 0.164 e. The zero-order valence-corrected chi connectivity index (χ0v) is 64.3. The predicted molar refractivity (Wildman–Crippen MR) is 477 cm³/mol. The zero-order chi connectivity index (χ0) is 77.8. The normalized spacial score (nSPS) is 14.4. The molecule has 2 atom stereocenters. The second kappa shape index (κ2) is 27.8. The van der Waals surface area contributed by atoms with Crippen LogP contribution in [0, 0.1) is 0 Å². The maximum Gasteiger partial charge on any atom is 0.164 e. The van der Waals surface area contributed by atoms with E-state index < -0.39 is 10.8 Å². The first-order valence-electron chi connectivity index (χ1n) is 40.6. The molecule has 2 unspecified atom stereocenters. The minimum absolute atomic E-state index is 0.0673. The Kier molecular flexibility index (Phi) is 16.1. The van der Waals surface area contributed by atoms with Crippen LogP contribution in [0.15, 0.2) is 425 Å². The largest absolute Gasteiger partial charge is 0.208 e. The van der Waals surface area contributed by atoms with Gasteiger partial charge in [-0.05, 0) is 169 Å². The summed E-state index contributed by atoms with van der Waals surface area (Å²) in [7, 11) is 0. The Morgan fingerprint density at radius 2 is 0.398 bits per heavy atom. The average molecular weight is 1500 g/mol. The summed E-state index contributed by atoms with van der Waals surface area (Å²) in [6, 6.07) is 154. The molecule has 19 aromatic rings. The van der Waals surface area contributed by atoms with Crippen LogP contribution in [0.25, 0.3) is 135 Å². The molecule has 0 spiro atoms. The SMILES string of the molecule is c1ccc(-c2nc(-c3ccc(-c4ccc5c(c4)C4c6ccccc6C5c5cc(-c6ccc(-c7nc(-c8ccccc8)nc(-c8cccc(-c9cccc%10c9-c9ccccc9C%10(c9ccccc9)c9ccccc9)c8)n7)cc6)ccc54)cc3)nc(-c3cccc(-c4cccc5c4-c4ccccc4C5(c4ccccc4)c4ccccc4)c3)n2)cc1. The number of nitrogens with zero attached hydrogens (tertiary/aromatic N) is 6. The van der Waals surface area contributed by atoms with Gasteiger partial charge in [-0.15, -0.1) is 0 Å². The monoisotopic (exact) mass is 1500 g/mol. The van der Waals surface area contributed by atoms with E-state index in [9.17, 15) is 0 Å². The highest BCUT2D eigenvalue weighted by atomic mass is 15.0. The van der Waals surface area contributed by atoms with E-state index in [1.165, 1.54) is 100 Å². The van der Waals surface area contributed by atoms with Crippen molar-refractivity contribution in [1.29, 1.82) is 0 Å². The van der Waals surface area contributed by atoms with E-state index in [1.807, 2.05) is 36.4 Å². The first-order valence-corrected chi connectivity index (χ1v) is 40.6. The molecular formula is C112H72N6. The van der Waals surface area contributed by atoms with Gasteiger partial charge in [-0.2, -0.15) is 0 Å². The highest BCUT2D eigenvalue weighted by Crippen LogP contribution is 2.62. The van der Waals surface area contributed by atoms with Gasteiger partial charge in [0.05, 0.1) is 10.8 Å². The van der Waals surface area contributed by atoms with Crippen LogP contribution in [0.5, 0.6) is 0 Å². The Labute approximate surface area is 685 Å². The Bertz CT molecular complexity index is 6640. The van der Waals surface area contributed by atoms with Crippen molar-refractivity contribution in [3.05, 3.63) is 503 Å². The van der Waals surface area contributed by atoms with Crippen molar-refractivity contribution in [2.45, 2.75) is 22.7 Å². The van der Waals surface area contributed by atoms with Crippen molar-refractivity contribution in [3.63, 3.8) is 0 Å². The van der Waals surface area contributed by atoms with Gasteiger partial charge in [0.15, 0.2) is 34.9 Å². The molecule has 24 rings (SSSR count). The lowest BCUT2D eigenvalue weighted by Crippen LogP contribution is -2.28. The molecule has 0 amide bonds. The van der Waals surface area contributed by atoms with Crippen molar-refractivity contribution < 1.29 is 0 Å². The van der Waals surface area contributed by atoms with Crippen LogP contribution in [0.4, 0.5) is 0 Å². The highest BCUT2D eigenvalue weighted by molar-refractivity contribution is 5.98. The van der Waals surface area contributed by atoms with E-state index in [1.54, 1.807) is 0 Å². The number of fused-ring (bicyclic) bond motifs is 6. The maximum atomic E-state index is 5.35. The molecule has 0 saturated carbocycles. The molecule has 6 nitrogen and oxygen atoms in total. The van der Waals surface area contributed by atoms with E-state index in [-0.39, 0.29) is 11.8 Å². The lowest BCUT2D eigenvalue weighted by atomic mass is 9.60. The minimum atomic E-state index is -0.516. The van der Waals surface area contributed by atoms with E-state index >= 15 is 0 Å². The number of rotatable bonds is 14. The summed E-state index contributed by atoms with van der Waals surface area (Å²) >= 11 is 0. The second-order valence-corrected chi connectivity index (χ2v) is 31.4. The maximum absolute atomic E-state index is 5.35. The van der Waals surface area contributed by atoms with E-state index in [0.29, 0.717) is 34.9 Å². The van der Waals surface area contributed by atoms with Crippen molar-refractivity contribution in [3.8, 4) is 135 Å². The third-order valence-electron chi connectivity index (χ3n) is 25.2. The number of hydrogen-bond donors (Lipinski definition) is 0. The fourth-order valence-corrected chi connectivity index (χ4v) is 20.0. The minimum Gasteiger partial charge on any atom is -0.208 e. The van der Waals surface area contributed by atoms with Crippen molar-refractivity contribution in [2.75, 3.05) is 0 Å². The lowest BCUT2D eigenvalue weighted by Gasteiger charge is -2.42. The van der Waals surface area contributed by atoms with E-state index in [0.717, 1.165) is 77.9 Å². The molecule has 0 aliphatic heterocycles. The summed E-state index contributed by atoms with van der Waals surface area (Å²) in [5.74, 6) is 3.81. The molecule has 17 aromatic carbocycles. The molecule has 5 aliphatic rings. The molecule has 550 valence electrons. The third-order valence-corrected chi connectivity index (χ3v) is 25.2. The molecular weight excluding hydrogens is 1430 g/mol. The number of aromatic nitrogens is 6. The molecule has 0 fully saturated rings. The third kappa shape index (κ3) is 10.9. The summed E-state index contributed by atoms with van der Waals surface area (Å²) in [6.07, 6.45) is 0. The van der Waals surface area contributed by atoms with Crippen LogP contribution in [0.2, 0.25) is 0 Å². The highest BCUT2D eigenvalue weighted by Gasteiger charge is 2.49. The number of hydrogen-bond acceptors (Lipinski definition) is 6. The quantitative estimate of drug-likeness (QED) is 0.108. The Balaban J connectivity index is 0.551. The van der Waals surface area contributed by atoms with Crippen LogP contribution < -0.4 is 0 Å². The summed E-state index contributed by atoms with van der Waals surface area (Å²) in [6.45, 7) is 0. The molecule has 2 bridgehead atoms. The molecule has 5 aliphatic carbocycles.